The number of ether oxygens (including phenoxy) is 3. The van der Waals surface area contributed by atoms with E-state index >= 15 is 0 Å². The van der Waals surface area contributed by atoms with Crippen LogP contribution in [0.2, 0.25) is 5.02 Å². The largest absolute Gasteiger partial charge is 0.493 e. The first kappa shape index (κ1) is 17.6. The Hall–Kier alpha value is -1.72. The van der Waals surface area contributed by atoms with E-state index in [4.69, 9.17) is 25.8 Å². The van der Waals surface area contributed by atoms with Gasteiger partial charge < -0.3 is 14.2 Å². The lowest BCUT2D eigenvalue weighted by Gasteiger charge is -2.07. The maximum atomic E-state index is 11.5. The van der Waals surface area contributed by atoms with Gasteiger partial charge in [0.15, 0.2) is 11.5 Å². The van der Waals surface area contributed by atoms with Crippen LogP contribution in [-0.2, 0) is 9.53 Å². The van der Waals surface area contributed by atoms with Gasteiger partial charge in [0.25, 0.3) is 0 Å². The second kappa shape index (κ2) is 7.70. The SMILES string of the molecule is C=C(CCC(=O)OCC)c1sc2cc(OC)c(OC)cc2c1Cl. The number of benzene rings is 1. The summed E-state index contributed by atoms with van der Waals surface area (Å²) in [7, 11) is 3.18. The van der Waals surface area contributed by atoms with Crippen molar-refractivity contribution in [1.82, 2.24) is 0 Å². The summed E-state index contributed by atoms with van der Waals surface area (Å²) in [6, 6.07) is 3.75. The number of hydrogen-bond donors (Lipinski definition) is 0. The molecular formula is C17H19ClO4S. The molecular weight excluding hydrogens is 336 g/mol. The highest BCUT2D eigenvalue weighted by Crippen LogP contribution is 2.44. The second-order valence-corrected chi connectivity index (χ2v) is 6.29. The van der Waals surface area contributed by atoms with Gasteiger partial charge in [-0.3, -0.25) is 4.79 Å². The number of methoxy groups -OCH3 is 2. The van der Waals surface area contributed by atoms with Crippen molar-refractivity contribution in [2.45, 2.75) is 19.8 Å². The lowest BCUT2D eigenvalue weighted by Crippen LogP contribution is -2.03. The van der Waals surface area contributed by atoms with Crippen LogP contribution in [0.4, 0.5) is 0 Å². The third-order valence-electron chi connectivity index (χ3n) is 3.39. The summed E-state index contributed by atoms with van der Waals surface area (Å²) in [6.07, 6.45) is 0.809. The van der Waals surface area contributed by atoms with E-state index in [2.05, 4.69) is 6.58 Å². The van der Waals surface area contributed by atoms with Crippen molar-refractivity contribution < 1.29 is 19.0 Å². The molecule has 0 aliphatic rings. The maximum Gasteiger partial charge on any atom is 0.306 e. The van der Waals surface area contributed by atoms with Crippen LogP contribution >= 0.6 is 22.9 Å². The Labute approximate surface area is 144 Å². The second-order valence-electron chi connectivity index (χ2n) is 4.86. The summed E-state index contributed by atoms with van der Waals surface area (Å²) in [6.45, 7) is 6.23. The van der Waals surface area contributed by atoms with Gasteiger partial charge in [0.05, 0.1) is 25.8 Å². The summed E-state index contributed by atoms with van der Waals surface area (Å²) >= 11 is 8.02. The van der Waals surface area contributed by atoms with Gasteiger partial charge in [-0.25, -0.2) is 0 Å². The van der Waals surface area contributed by atoms with Crippen LogP contribution in [-0.4, -0.2) is 26.8 Å². The molecule has 1 heterocycles. The standard InChI is InChI=1S/C17H19ClO4S/c1-5-22-15(19)7-6-10(2)17-16(18)11-8-12(20-3)13(21-4)9-14(11)23-17/h8-9H,2,5-7H2,1,3-4H3. The average Bonchev–Trinajstić information content (AvgIpc) is 2.87. The molecule has 0 bridgehead atoms. The van der Waals surface area contributed by atoms with Gasteiger partial charge in [-0.05, 0) is 25.0 Å². The van der Waals surface area contributed by atoms with E-state index in [1.807, 2.05) is 12.1 Å². The zero-order valence-electron chi connectivity index (χ0n) is 13.4. The minimum absolute atomic E-state index is 0.228. The molecule has 0 saturated carbocycles. The Balaban J connectivity index is 2.29. The Bertz CT molecular complexity index is 736. The fraction of sp³-hybridized carbons (Fsp3) is 0.353. The van der Waals surface area contributed by atoms with Crippen molar-refractivity contribution >= 4 is 44.6 Å². The van der Waals surface area contributed by atoms with Crippen LogP contribution in [0, 0.1) is 0 Å². The van der Waals surface area contributed by atoms with Crippen molar-refractivity contribution in [2.75, 3.05) is 20.8 Å². The number of fused-ring (bicyclic) bond motifs is 1. The smallest absolute Gasteiger partial charge is 0.306 e. The summed E-state index contributed by atoms with van der Waals surface area (Å²) in [5.74, 6) is 1.05. The van der Waals surface area contributed by atoms with Crippen molar-refractivity contribution in [3.8, 4) is 11.5 Å². The summed E-state index contributed by atoms with van der Waals surface area (Å²) < 4.78 is 16.5. The number of carbonyl (C=O) groups excluding carboxylic acids is 1. The number of carbonyl (C=O) groups is 1. The number of thiophene rings is 1. The summed E-state index contributed by atoms with van der Waals surface area (Å²) in [5.41, 5.74) is 0.821. The first-order valence-electron chi connectivity index (χ1n) is 7.19. The summed E-state index contributed by atoms with van der Waals surface area (Å²) in [4.78, 5) is 12.4. The van der Waals surface area contributed by atoms with Gasteiger partial charge in [0.1, 0.15) is 0 Å². The van der Waals surface area contributed by atoms with E-state index in [-0.39, 0.29) is 5.97 Å². The van der Waals surface area contributed by atoms with Crippen LogP contribution in [0.25, 0.3) is 15.7 Å². The van der Waals surface area contributed by atoms with Gasteiger partial charge in [-0.1, -0.05) is 18.2 Å². The van der Waals surface area contributed by atoms with Gasteiger partial charge in [-0.15, -0.1) is 11.3 Å². The average molecular weight is 355 g/mol. The van der Waals surface area contributed by atoms with Gasteiger partial charge >= 0.3 is 5.97 Å². The van der Waals surface area contributed by atoms with Gasteiger partial charge in [0.2, 0.25) is 0 Å². The molecule has 0 saturated heterocycles. The molecule has 1 aromatic carbocycles. The maximum absolute atomic E-state index is 11.5. The molecule has 0 aliphatic heterocycles. The molecule has 4 nitrogen and oxygen atoms in total. The van der Waals surface area contributed by atoms with Crippen LogP contribution < -0.4 is 9.47 Å². The van der Waals surface area contributed by atoms with E-state index in [0.717, 1.165) is 20.5 Å². The monoisotopic (exact) mass is 354 g/mol. The number of rotatable bonds is 7. The number of allylic oxidation sites excluding steroid dienone is 1. The molecule has 0 spiro atoms. The number of hydrogen-bond acceptors (Lipinski definition) is 5. The van der Waals surface area contributed by atoms with Crippen LogP contribution in [0.3, 0.4) is 0 Å². The third kappa shape index (κ3) is 3.79. The molecule has 0 fully saturated rings. The topological polar surface area (TPSA) is 44.8 Å². The lowest BCUT2D eigenvalue weighted by molar-refractivity contribution is -0.142. The number of esters is 1. The van der Waals surface area contributed by atoms with Crippen molar-refractivity contribution in [2.24, 2.45) is 0 Å². The van der Waals surface area contributed by atoms with Crippen LogP contribution in [0.1, 0.15) is 24.6 Å². The predicted molar refractivity (Wildman–Crippen MR) is 94.8 cm³/mol. The Kier molecular flexibility index (Phi) is 5.91. The Morgan fingerprint density at radius 2 is 1.87 bits per heavy atom. The molecule has 124 valence electrons. The van der Waals surface area contributed by atoms with E-state index in [9.17, 15) is 4.79 Å². The Morgan fingerprint density at radius 3 is 2.48 bits per heavy atom. The molecule has 2 aromatic rings. The normalized spacial score (nSPS) is 10.6. The van der Waals surface area contributed by atoms with E-state index in [1.54, 1.807) is 21.1 Å². The number of halogens is 1. The zero-order valence-corrected chi connectivity index (χ0v) is 15.0. The fourth-order valence-corrected chi connectivity index (χ4v) is 3.78. The van der Waals surface area contributed by atoms with Crippen molar-refractivity contribution in [3.63, 3.8) is 0 Å². The fourth-order valence-electron chi connectivity index (χ4n) is 2.22. The van der Waals surface area contributed by atoms with Gasteiger partial charge in [-0.2, -0.15) is 0 Å². The molecule has 0 N–H and O–H groups in total. The molecule has 1 aromatic heterocycles. The molecule has 0 radical (unpaired) electrons. The van der Waals surface area contributed by atoms with E-state index in [0.29, 0.717) is 36.0 Å². The highest BCUT2D eigenvalue weighted by Gasteiger charge is 2.17. The van der Waals surface area contributed by atoms with Crippen molar-refractivity contribution in [1.29, 1.82) is 0 Å². The highest BCUT2D eigenvalue weighted by atomic mass is 35.5. The van der Waals surface area contributed by atoms with E-state index < -0.39 is 0 Å². The molecule has 0 unspecified atom stereocenters. The van der Waals surface area contributed by atoms with Crippen LogP contribution in [0.15, 0.2) is 18.7 Å². The first-order valence-corrected chi connectivity index (χ1v) is 8.39. The molecule has 0 aliphatic carbocycles. The van der Waals surface area contributed by atoms with Crippen molar-refractivity contribution in [3.05, 3.63) is 28.6 Å². The summed E-state index contributed by atoms with van der Waals surface area (Å²) in [5, 5.41) is 1.52. The zero-order chi connectivity index (χ0) is 17.0. The quantitative estimate of drug-likeness (QED) is 0.661. The minimum atomic E-state index is -0.228. The van der Waals surface area contributed by atoms with Crippen LogP contribution in [0.5, 0.6) is 11.5 Å². The first-order chi connectivity index (χ1) is 11.0. The molecule has 2 rings (SSSR count). The molecule has 0 atom stereocenters. The predicted octanol–water partition coefficient (Wildman–Crippen LogP) is 4.93. The highest BCUT2D eigenvalue weighted by molar-refractivity contribution is 7.20. The third-order valence-corrected chi connectivity index (χ3v) is 5.15. The minimum Gasteiger partial charge on any atom is -0.493 e. The Morgan fingerprint density at radius 1 is 1.22 bits per heavy atom. The van der Waals surface area contributed by atoms with E-state index in [1.165, 1.54) is 11.3 Å². The molecule has 23 heavy (non-hydrogen) atoms. The molecule has 0 amide bonds. The van der Waals surface area contributed by atoms with Gasteiger partial charge in [0, 0.05) is 27.5 Å². The molecule has 6 heteroatoms. The lowest BCUT2D eigenvalue weighted by atomic mass is 10.1.